The molecule has 0 aliphatic carbocycles. The fraction of sp³-hybridized carbons (Fsp3) is 0.167. The second kappa shape index (κ2) is 4.38. The standard InChI is InChI=1S/C12H10FN3OS/c1-7-4-9(16-17-7)6-14-12-15-10-5-8(13)2-3-11(10)18-12/h2-5H,6H2,1H3,(H,14,15). The minimum absolute atomic E-state index is 0.272. The van der Waals surface area contributed by atoms with E-state index < -0.39 is 0 Å². The Hall–Kier alpha value is -1.95. The molecule has 3 rings (SSSR count). The Kier molecular flexibility index (Phi) is 2.71. The van der Waals surface area contributed by atoms with Crippen molar-refractivity contribution in [2.24, 2.45) is 0 Å². The van der Waals surface area contributed by atoms with Crippen LogP contribution in [0.1, 0.15) is 11.5 Å². The van der Waals surface area contributed by atoms with Crippen molar-refractivity contribution in [2.45, 2.75) is 13.5 Å². The number of nitrogens with one attached hydrogen (secondary N) is 1. The number of anilines is 1. The van der Waals surface area contributed by atoms with Crippen LogP contribution in [0.25, 0.3) is 10.2 Å². The van der Waals surface area contributed by atoms with Crippen LogP contribution in [-0.4, -0.2) is 10.1 Å². The van der Waals surface area contributed by atoms with E-state index in [9.17, 15) is 4.39 Å². The third kappa shape index (κ3) is 2.19. The molecule has 2 heterocycles. The smallest absolute Gasteiger partial charge is 0.184 e. The summed E-state index contributed by atoms with van der Waals surface area (Å²) >= 11 is 1.48. The fourth-order valence-corrected chi connectivity index (χ4v) is 2.49. The molecule has 2 aromatic heterocycles. The summed E-state index contributed by atoms with van der Waals surface area (Å²) in [7, 11) is 0. The molecule has 18 heavy (non-hydrogen) atoms. The molecule has 1 aromatic carbocycles. The number of hydrogen-bond acceptors (Lipinski definition) is 5. The van der Waals surface area contributed by atoms with Crippen molar-refractivity contribution in [3.05, 3.63) is 41.5 Å². The minimum Gasteiger partial charge on any atom is -0.361 e. The minimum atomic E-state index is -0.272. The Balaban J connectivity index is 1.78. The number of hydrogen-bond donors (Lipinski definition) is 1. The van der Waals surface area contributed by atoms with Gasteiger partial charge >= 0.3 is 0 Å². The summed E-state index contributed by atoms with van der Waals surface area (Å²) in [5.74, 6) is 0.504. The zero-order valence-electron chi connectivity index (χ0n) is 9.61. The van der Waals surface area contributed by atoms with E-state index in [1.807, 2.05) is 13.0 Å². The zero-order chi connectivity index (χ0) is 12.5. The predicted molar refractivity (Wildman–Crippen MR) is 68.1 cm³/mol. The van der Waals surface area contributed by atoms with Gasteiger partial charge in [0.2, 0.25) is 0 Å². The number of benzene rings is 1. The lowest BCUT2D eigenvalue weighted by Gasteiger charge is -1.96. The van der Waals surface area contributed by atoms with E-state index in [-0.39, 0.29) is 5.82 Å². The maximum atomic E-state index is 13.0. The molecule has 0 saturated carbocycles. The second-order valence-corrected chi connectivity index (χ2v) is 4.94. The van der Waals surface area contributed by atoms with E-state index in [2.05, 4.69) is 15.5 Å². The quantitative estimate of drug-likeness (QED) is 0.787. The highest BCUT2D eigenvalue weighted by Gasteiger charge is 2.06. The Morgan fingerprint density at radius 3 is 3.06 bits per heavy atom. The first-order valence-corrected chi connectivity index (χ1v) is 6.24. The van der Waals surface area contributed by atoms with Gasteiger partial charge in [-0.15, -0.1) is 0 Å². The summed E-state index contributed by atoms with van der Waals surface area (Å²) in [5, 5.41) is 7.77. The highest BCUT2D eigenvalue weighted by Crippen LogP contribution is 2.26. The van der Waals surface area contributed by atoms with Crippen LogP contribution in [-0.2, 0) is 6.54 Å². The van der Waals surface area contributed by atoms with Crippen molar-refractivity contribution < 1.29 is 8.91 Å². The van der Waals surface area contributed by atoms with Gasteiger partial charge in [-0.2, -0.15) is 0 Å². The van der Waals surface area contributed by atoms with Gasteiger partial charge in [0.05, 0.1) is 16.8 Å². The topological polar surface area (TPSA) is 51.0 Å². The van der Waals surface area contributed by atoms with Crippen LogP contribution in [0, 0.1) is 12.7 Å². The van der Waals surface area contributed by atoms with Crippen LogP contribution in [0.2, 0.25) is 0 Å². The number of thiazole rings is 1. The Morgan fingerprint density at radius 1 is 1.39 bits per heavy atom. The molecular weight excluding hydrogens is 253 g/mol. The van der Waals surface area contributed by atoms with Gasteiger partial charge in [-0.3, -0.25) is 0 Å². The van der Waals surface area contributed by atoms with Gasteiger partial charge < -0.3 is 9.84 Å². The summed E-state index contributed by atoms with van der Waals surface area (Å²) < 4.78 is 18.9. The number of aromatic nitrogens is 2. The molecule has 0 aliphatic heterocycles. The molecule has 0 saturated heterocycles. The first-order chi connectivity index (χ1) is 8.70. The largest absolute Gasteiger partial charge is 0.361 e. The summed E-state index contributed by atoms with van der Waals surface area (Å²) in [4.78, 5) is 4.30. The van der Waals surface area contributed by atoms with E-state index in [1.165, 1.54) is 23.5 Å². The van der Waals surface area contributed by atoms with Gasteiger partial charge in [0.1, 0.15) is 17.3 Å². The number of nitrogens with zero attached hydrogens (tertiary/aromatic N) is 2. The lowest BCUT2D eigenvalue weighted by atomic mass is 10.3. The fourth-order valence-electron chi connectivity index (χ4n) is 1.64. The number of aryl methyl sites for hydroxylation is 1. The van der Waals surface area contributed by atoms with Crippen molar-refractivity contribution in [2.75, 3.05) is 5.32 Å². The van der Waals surface area contributed by atoms with E-state index >= 15 is 0 Å². The first-order valence-electron chi connectivity index (χ1n) is 5.43. The third-order valence-electron chi connectivity index (χ3n) is 2.45. The molecule has 0 atom stereocenters. The van der Waals surface area contributed by atoms with E-state index in [4.69, 9.17) is 4.52 Å². The average Bonchev–Trinajstić information content (AvgIpc) is 2.92. The van der Waals surface area contributed by atoms with Crippen molar-refractivity contribution >= 4 is 26.7 Å². The van der Waals surface area contributed by atoms with Gasteiger partial charge in [-0.25, -0.2) is 9.37 Å². The van der Waals surface area contributed by atoms with Crippen molar-refractivity contribution in [3.63, 3.8) is 0 Å². The van der Waals surface area contributed by atoms with E-state index in [0.717, 1.165) is 21.3 Å². The number of halogens is 1. The van der Waals surface area contributed by atoms with Gasteiger partial charge in [0.25, 0.3) is 0 Å². The van der Waals surface area contributed by atoms with Crippen LogP contribution in [0.15, 0.2) is 28.8 Å². The predicted octanol–water partition coefficient (Wildman–Crippen LogP) is 3.34. The molecule has 0 unspecified atom stereocenters. The highest BCUT2D eigenvalue weighted by atomic mass is 32.1. The molecule has 0 aliphatic rings. The Bertz CT molecular complexity index is 692. The van der Waals surface area contributed by atoms with Gasteiger partial charge in [-0.1, -0.05) is 16.5 Å². The van der Waals surface area contributed by atoms with E-state index in [0.29, 0.717) is 12.1 Å². The monoisotopic (exact) mass is 263 g/mol. The lowest BCUT2D eigenvalue weighted by molar-refractivity contribution is 0.391. The first kappa shape index (κ1) is 11.2. The van der Waals surface area contributed by atoms with Crippen molar-refractivity contribution in [1.29, 1.82) is 0 Å². The molecule has 92 valence electrons. The Labute approximate surface area is 106 Å². The third-order valence-corrected chi connectivity index (χ3v) is 3.44. The van der Waals surface area contributed by atoms with Crippen molar-refractivity contribution in [1.82, 2.24) is 10.1 Å². The molecule has 4 nitrogen and oxygen atoms in total. The van der Waals surface area contributed by atoms with Crippen LogP contribution >= 0.6 is 11.3 Å². The molecule has 0 amide bonds. The summed E-state index contributed by atoms with van der Waals surface area (Å²) in [6.07, 6.45) is 0. The number of rotatable bonds is 3. The van der Waals surface area contributed by atoms with Gasteiger partial charge in [0, 0.05) is 12.1 Å². The SMILES string of the molecule is Cc1cc(CNc2nc3cc(F)ccc3s2)no1. The molecule has 0 bridgehead atoms. The van der Waals surface area contributed by atoms with E-state index in [1.54, 1.807) is 6.07 Å². The summed E-state index contributed by atoms with van der Waals surface area (Å²) in [6, 6.07) is 6.45. The summed E-state index contributed by atoms with van der Waals surface area (Å²) in [6.45, 7) is 2.39. The van der Waals surface area contributed by atoms with Crippen LogP contribution in [0.3, 0.4) is 0 Å². The van der Waals surface area contributed by atoms with Crippen LogP contribution in [0.4, 0.5) is 9.52 Å². The lowest BCUT2D eigenvalue weighted by Crippen LogP contribution is -1.98. The highest BCUT2D eigenvalue weighted by molar-refractivity contribution is 7.22. The zero-order valence-corrected chi connectivity index (χ0v) is 10.4. The van der Waals surface area contributed by atoms with Gasteiger partial charge in [-0.05, 0) is 19.1 Å². The molecule has 0 fully saturated rings. The van der Waals surface area contributed by atoms with Crippen LogP contribution < -0.4 is 5.32 Å². The summed E-state index contributed by atoms with van der Waals surface area (Å²) in [5.41, 5.74) is 1.48. The number of fused-ring (bicyclic) bond motifs is 1. The maximum absolute atomic E-state index is 13.0. The van der Waals surface area contributed by atoms with Gasteiger partial charge in [0.15, 0.2) is 5.13 Å². The molecule has 1 N–H and O–H groups in total. The molecule has 3 aromatic rings. The Morgan fingerprint density at radius 2 is 2.28 bits per heavy atom. The second-order valence-electron chi connectivity index (χ2n) is 3.91. The normalized spacial score (nSPS) is 11.0. The molecule has 0 spiro atoms. The van der Waals surface area contributed by atoms with Crippen LogP contribution in [0.5, 0.6) is 0 Å². The molecular formula is C12H10FN3OS. The molecule has 6 heteroatoms. The average molecular weight is 263 g/mol. The maximum Gasteiger partial charge on any atom is 0.184 e. The molecule has 0 radical (unpaired) electrons. The van der Waals surface area contributed by atoms with Crippen molar-refractivity contribution in [3.8, 4) is 0 Å².